The van der Waals surface area contributed by atoms with Gasteiger partial charge in [0.05, 0.1) is 38.6 Å². The molecule has 1 rings (SSSR count). The second kappa shape index (κ2) is 17.2. The highest BCUT2D eigenvalue weighted by atomic mass is 16.6. The van der Waals surface area contributed by atoms with Crippen molar-refractivity contribution < 1.29 is 28.8 Å². The first-order valence-electron chi connectivity index (χ1n) is 10.9. The predicted molar refractivity (Wildman–Crippen MR) is 113 cm³/mol. The van der Waals surface area contributed by atoms with E-state index in [9.17, 15) is 9.90 Å². The van der Waals surface area contributed by atoms with Crippen molar-refractivity contribution >= 4 is 5.97 Å². The summed E-state index contributed by atoms with van der Waals surface area (Å²) < 4.78 is 21.7. The molecule has 0 aliphatic carbocycles. The molecule has 1 N–H and O–H groups in total. The lowest BCUT2D eigenvalue weighted by molar-refractivity contribution is -0.00447. The standard InChI is InChI=1S/C23H38O6/c1-3-5-6-8-20(7-4-2)19-28-16-15-26-13-14-27-17-18-29-23(25)21-9-11-22(24)12-10-21/h9-12,20,24H,3-8,13-19H2,1-2H3. The summed E-state index contributed by atoms with van der Waals surface area (Å²) in [6.07, 6.45) is 7.56. The zero-order valence-electron chi connectivity index (χ0n) is 18.1. The Morgan fingerprint density at radius 1 is 0.828 bits per heavy atom. The number of hydrogen-bond donors (Lipinski definition) is 1. The Hall–Kier alpha value is -1.63. The van der Waals surface area contributed by atoms with Crippen LogP contribution in [-0.4, -0.2) is 57.3 Å². The van der Waals surface area contributed by atoms with Gasteiger partial charge in [0, 0.05) is 6.61 Å². The minimum Gasteiger partial charge on any atom is -0.508 e. The molecule has 1 atom stereocenters. The summed E-state index contributed by atoms with van der Waals surface area (Å²) in [7, 11) is 0. The third kappa shape index (κ3) is 13.3. The first kappa shape index (κ1) is 25.4. The smallest absolute Gasteiger partial charge is 0.338 e. The lowest BCUT2D eigenvalue weighted by Crippen LogP contribution is -2.15. The van der Waals surface area contributed by atoms with Crippen LogP contribution in [0.5, 0.6) is 5.75 Å². The quantitative estimate of drug-likeness (QED) is 0.282. The Morgan fingerprint density at radius 3 is 2.07 bits per heavy atom. The molecule has 0 aromatic heterocycles. The topological polar surface area (TPSA) is 74.2 Å². The molecule has 0 aliphatic rings. The van der Waals surface area contributed by atoms with Crippen LogP contribution in [0.4, 0.5) is 0 Å². The molecule has 0 amide bonds. The van der Waals surface area contributed by atoms with Crippen molar-refractivity contribution in [1.29, 1.82) is 0 Å². The fourth-order valence-corrected chi connectivity index (χ4v) is 2.97. The van der Waals surface area contributed by atoms with Gasteiger partial charge >= 0.3 is 5.97 Å². The number of esters is 1. The van der Waals surface area contributed by atoms with Gasteiger partial charge in [-0.3, -0.25) is 0 Å². The minimum absolute atomic E-state index is 0.114. The van der Waals surface area contributed by atoms with E-state index in [1.54, 1.807) is 0 Å². The highest BCUT2D eigenvalue weighted by Gasteiger charge is 2.08. The number of carbonyl (C=O) groups is 1. The SMILES string of the molecule is CCCCCC(CCC)COCCOCCOCCOC(=O)c1ccc(O)cc1. The van der Waals surface area contributed by atoms with Crippen molar-refractivity contribution in [3.05, 3.63) is 29.8 Å². The minimum atomic E-state index is -0.432. The second-order valence-electron chi connectivity index (χ2n) is 7.13. The number of phenols is 1. The fraction of sp³-hybridized carbons (Fsp3) is 0.696. The van der Waals surface area contributed by atoms with Crippen molar-refractivity contribution in [2.75, 3.05) is 46.2 Å². The zero-order chi connectivity index (χ0) is 21.2. The van der Waals surface area contributed by atoms with Gasteiger partial charge in [0.2, 0.25) is 0 Å². The molecule has 1 unspecified atom stereocenters. The van der Waals surface area contributed by atoms with Gasteiger partial charge in [-0.2, -0.15) is 0 Å². The third-order valence-electron chi connectivity index (χ3n) is 4.57. The maximum absolute atomic E-state index is 11.8. The lowest BCUT2D eigenvalue weighted by Gasteiger charge is -2.16. The van der Waals surface area contributed by atoms with Gasteiger partial charge < -0.3 is 24.1 Å². The molecule has 0 spiro atoms. The van der Waals surface area contributed by atoms with Crippen LogP contribution in [0.3, 0.4) is 0 Å². The average molecular weight is 411 g/mol. The maximum atomic E-state index is 11.8. The van der Waals surface area contributed by atoms with E-state index < -0.39 is 5.97 Å². The van der Waals surface area contributed by atoms with Gasteiger partial charge in [-0.1, -0.05) is 39.5 Å². The first-order chi connectivity index (χ1) is 14.2. The van der Waals surface area contributed by atoms with Crippen molar-refractivity contribution in [2.45, 2.75) is 52.4 Å². The van der Waals surface area contributed by atoms with Gasteiger partial charge in [0.15, 0.2) is 0 Å². The molecule has 1 aromatic carbocycles. The molecule has 0 heterocycles. The Balaban J connectivity index is 1.92. The molecule has 1 aromatic rings. The van der Waals surface area contributed by atoms with E-state index in [0.717, 1.165) is 6.61 Å². The summed E-state index contributed by atoms with van der Waals surface area (Å²) in [6, 6.07) is 5.93. The Labute approximate surface area is 175 Å². The molecular weight excluding hydrogens is 372 g/mol. The number of benzene rings is 1. The second-order valence-corrected chi connectivity index (χ2v) is 7.13. The highest BCUT2D eigenvalue weighted by Crippen LogP contribution is 2.16. The van der Waals surface area contributed by atoms with E-state index in [1.165, 1.54) is 62.8 Å². The molecule has 166 valence electrons. The van der Waals surface area contributed by atoms with Gasteiger partial charge in [-0.05, 0) is 43.0 Å². The largest absolute Gasteiger partial charge is 0.508 e. The molecule has 6 nitrogen and oxygen atoms in total. The number of unbranched alkanes of at least 4 members (excludes halogenated alkanes) is 2. The number of ether oxygens (including phenoxy) is 4. The lowest BCUT2D eigenvalue weighted by atomic mass is 9.97. The van der Waals surface area contributed by atoms with Crippen LogP contribution < -0.4 is 0 Å². The van der Waals surface area contributed by atoms with Crippen LogP contribution in [0.1, 0.15) is 62.7 Å². The van der Waals surface area contributed by atoms with Gasteiger partial charge in [-0.15, -0.1) is 0 Å². The number of phenolic OH excluding ortho intramolecular Hbond substituents is 1. The van der Waals surface area contributed by atoms with Crippen LogP contribution >= 0.6 is 0 Å². The molecule has 0 fully saturated rings. The molecule has 0 radical (unpaired) electrons. The van der Waals surface area contributed by atoms with E-state index in [1.807, 2.05) is 0 Å². The summed E-state index contributed by atoms with van der Waals surface area (Å²) in [5.41, 5.74) is 0.401. The number of rotatable bonds is 18. The normalized spacial score (nSPS) is 12.1. The number of aromatic hydroxyl groups is 1. The van der Waals surface area contributed by atoms with Crippen LogP contribution in [-0.2, 0) is 18.9 Å². The Bertz CT molecular complexity index is 517. The van der Waals surface area contributed by atoms with Crippen molar-refractivity contribution in [3.63, 3.8) is 0 Å². The number of carbonyl (C=O) groups excluding carboxylic acids is 1. The molecule has 29 heavy (non-hydrogen) atoms. The Kier molecular flexibility index (Phi) is 15.1. The van der Waals surface area contributed by atoms with Crippen LogP contribution in [0.25, 0.3) is 0 Å². The van der Waals surface area contributed by atoms with Crippen molar-refractivity contribution in [1.82, 2.24) is 0 Å². The Morgan fingerprint density at radius 2 is 1.45 bits per heavy atom. The van der Waals surface area contributed by atoms with E-state index in [-0.39, 0.29) is 12.4 Å². The predicted octanol–water partition coefficient (Wildman–Crippen LogP) is 4.60. The summed E-state index contributed by atoms with van der Waals surface area (Å²) in [5.74, 6) is 0.347. The summed E-state index contributed by atoms with van der Waals surface area (Å²) in [6.45, 7) is 7.90. The highest BCUT2D eigenvalue weighted by molar-refractivity contribution is 5.89. The molecule has 0 aliphatic heterocycles. The number of hydrogen-bond acceptors (Lipinski definition) is 6. The molecule has 0 bridgehead atoms. The molecular formula is C23H38O6. The van der Waals surface area contributed by atoms with Gasteiger partial charge in [-0.25, -0.2) is 4.79 Å². The summed E-state index contributed by atoms with van der Waals surface area (Å²) in [5, 5.41) is 9.20. The van der Waals surface area contributed by atoms with Crippen LogP contribution in [0.2, 0.25) is 0 Å². The van der Waals surface area contributed by atoms with Gasteiger partial charge in [0.1, 0.15) is 12.4 Å². The van der Waals surface area contributed by atoms with E-state index in [2.05, 4.69) is 13.8 Å². The molecule has 6 heteroatoms. The summed E-state index contributed by atoms with van der Waals surface area (Å²) >= 11 is 0. The van der Waals surface area contributed by atoms with Crippen molar-refractivity contribution in [3.8, 4) is 5.75 Å². The molecule has 0 saturated carbocycles. The van der Waals surface area contributed by atoms with E-state index in [4.69, 9.17) is 18.9 Å². The van der Waals surface area contributed by atoms with E-state index in [0.29, 0.717) is 44.5 Å². The average Bonchev–Trinajstić information content (AvgIpc) is 2.72. The van der Waals surface area contributed by atoms with Crippen LogP contribution in [0.15, 0.2) is 24.3 Å². The van der Waals surface area contributed by atoms with Crippen molar-refractivity contribution in [2.24, 2.45) is 5.92 Å². The van der Waals surface area contributed by atoms with E-state index >= 15 is 0 Å². The monoisotopic (exact) mass is 410 g/mol. The zero-order valence-corrected chi connectivity index (χ0v) is 18.1. The molecule has 0 saturated heterocycles. The van der Waals surface area contributed by atoms with Gasteiger partial charge in [0.25, 0.3) is 0 Å². The first-order valence-corrected chi connectivity index (χ1v) is 10.9. The third-order valence-corrected chi connectivity index (χ3v) is 4.57. The maximum Gasteiger partial charge on any atom is 0.338 e. The van der Waals surface area contributed by atoms with Crippen LogP contribution in [0, 0.1) is 5.92 Å². The summed E-state index contributed by atoms with van der Waals surface area (Å²) in [4.78, 5) is 11.8. The fourth-order valence-electron chi connectivity index (χ4n) is 2.97.